The molecule has 0 spiro atoms. The van der Waals surface area contributed by atoms with E-state index in [2.05, 4.69) is 27.8 Å². The molecule has 0 heterocycles. The van der Waals surface area contributed by atoms with Gasteiger partial charge in [0.2, 0.25) is 0 Å². The summed E-state index contributed by atoms with van der Waals surface area (Å²) in [4.78, 5) is 9.68. The number of rotatable bonds is 25. The molecule has 0 unspecified atom stereocenters. The molecule has 0 bridgehead atoms. The molecule has 0 aromatic rings. The molecular weight excluding hydrogens is 422 g/mol. The largest absolute Gasteiger partial charge is 0.550 e. The molecule has 34 heavy (non-hydrogen) atoms. The maximum absolute atomic E-state index is 9.68. The lowest BCUT2D eigenvalue weighted by atomic mass is 10.1. The molecular formula is C30H63NO3. The van der Waals surface area contributed by atoms with Crippen LogP contribution in [0.1, 0.15) is 156 Å². The fourth-order valence-corrected chi connectivity index (χ4v) is 4.54. The fraction of sp³-hybridized carbons (Fsp3) is 0.967. The third-order valence-corrected chi connectivity index (χ3v) is 6.94. The van der Waals surface area contributed by atoms with Crippen LogP contribution < -0.4 is 5.11 Å². The predicted octanol–water partition coefficient (Wildman–Crippen LogP) is 7.41. The van der Waals surface area contributed by atoms with E-state index in [9.17, 15) is 9.90 Å². The summed E-state index contributed by atoms with van der Waals surface area (Å²) >= 11 is 0. The van der Waals surface area contributed by atoms with Gasteiger partial charge in [0.05, 0.1) is 26.7 Å². The Labute approximate surface area is 214 Å². The van der Waals surface area contributed by atoms with Gasteiger partial charge in [-0.3, -0.25) is 0 Å². The first-order valence-electron chi connectivity index (χ1n) is 15.1. The van der Waals surface area contributed by atoms with Gasteiger partial charge in [-0.15, -0.1) is 0 Å². The molecule has 1 N–H and O–H groups in total. The zero-order valence-electron chi connectivity index (χ0n) is 23.9. The van der Waals surface area contributed by atoms with Crippen molar-refractivity contribution < 1.29 is 19.5 Å². The van der Waals surface area contributed by atoms with Crippen LogP contribution in [0.15, 0.2) is 0 Å². The molecule has 206 valence electrons. The van der Waals surface area contributed by atoms with Crippen LogP contribution in [0.3, 0.4) is 0 Å². The van der Waals surface area contributed by atoms with Gasteiger partial charge in [0.1, 0.15) is 0 Å². The van der Waals surface area contributed by atoms with Crippen molar-refractivity contribution in [2.45, 2.75) is 156 Å². The Balaban J connectivity index is 0. The lowest BCUT2D eigenvalue weighted by Crippen LogP contribution is -2.46. The lowest BCUT2D eigenvalue weighted by Gasteiger charge is -2.35. The van der Waals surface area contributed by atoms with Crippen LogP contribution in [0.4, 0.5) is 0 Å². The second kappa shape index (κ2) is 28.6. The van der Waals surface area contributed by atoms with Crippen LogP contribution in [0.2, 0.25) is 0 Å². The summed E-state index contributed by atoms with van der Waals surface area (Å²) in [6.45, 7) is 11.3. The number of unbranched alkanes of at least 4 members (excludes halogenated alkanes) is 16. The molecule has 0 saturated heterocycles. The highest BCUT2D eigenvalue weighted by Gasteiger charge is 2.20. The standard InChI is InChI=1S/C25H54N.C5H10O3/c1-5-8-11-14-17-20-23-26(4,24-21-18-15-12-9-6-2)25-22-19-16-13-10-7-3;6-4-2-1-3-5(7)8/h5-25H2,1-4H3;6H,1-4H2,(H,7,8)/q+1;/p-1. The second-order valence-corrected chi connectivity index (χ2v) is 10.6. The number of aliphatic carboxylic acids is 1. The minimum atomic E-state index is -1.04. The quantitative estimate of drug-likeness (QED) is 0.108. The molecule has 0 rings (SSSR count). The number of aliphatic hydroxyl groups is 1. The zero-order valence-corrected chi connectivity index (χ0v) is 23.9. The van der Waals surface area contributed by atoms with Crippen molar-refractivity contribution in [1.29, 1.82) is 0 Å². The van der Waals surface area contributed by atoms with Gasteiger partial charge in [-0.25, -0.2) is 0 Å². The van der Waals surface area contributed by atoms with Crippen LogP contribution in [0.25, 0.3) is 0 Å². The maximum Gasteiger partial charge on any atom is 0.0784 e. The molecule has 0 amide bonds. The summed E-state index contributed by atoms with van der Waals surface area (Å²) < 4.78 is 1.36. The summed E-state index contributed by atoms with van der Waals surface area (Å²) in [6, 6.07) is 0. The van der Waals surface area contributed by atoms with Gasteiger partial charge in [0.25, 0.3) is 0 Å². The first-order valence-corrected chi connectivity index (χ1v) is 15.1. The average Bonchev–Trinajstić information content (AvgIpc) is 2.81. The maximum atomic E-state index is 9.68. The van der Waals surface area contributed by atoms with Crippen molar-refractivity contribution in [2.75, 3.05) is 33.3 Å². The monoisotopic (exact) mass is 485 g/mol. The smallest absolute Gasteiger partial charge is 0.0784 e. The van der Waals surface area contributed by atoms with Gasteiger partial charge in [0.15, 0.2) is 0 Å². The Bertz CT molecular complexity index is 360. The van der Waals surface area contributed by atoms with E-state index < -0.39 is 5.97 Å². The molecule has 0 fully saturated rings. The number of hydrogen-bond acceptors (Lipinski definition) is 3. The molecule has 0 saturated carbocycles. The van der Waals surface area contributed by atoms with E-state index in [0.29, 0.717) is 12.8 Å². The normalized spacial score (nSPS) is 11.3. The van der Waals surface area contributed by atoms with Crippen molar-refractivity contribution in [3.8, 4) is 0 Å². The van der Waals surface area contributed by atoms with E-state index in [4.69, 9.17) is 5.11 Å². The Morgan fingerprint density at radius 1 is 0.559 bits per heavy atom. The Hall–Kier alpha value is -0.610. The summed E-state index contributed by atoms with van der Waals surface area (Å²) in [5.74, 6) is -1.04. The Morgan fingerprint density at radius 2 is 0.882 bits per heavy atom. The highest BCUT2D eigenvalue weighted by Crippen LogP contribution is 2.16. The molecule has 0 aliphatic heterocycles. The number of carbonyl (C=O) groups is 1. The first kappa shape index (κ1) is 35.6. The SMILES string of the molecule is CCCCCCCC[N+](C)(CCCCCCCC)CCCCCCCC.O=C([O-])CCCCO. The minimum absolute atomic E-state index is 0.0561. The van der Waals surface area contributed by atoms with Crippen LogP contribution in [0, 0.1) is 0 Å². The van der Waals surface area contributed by atoms with E-state index in [0.717, 1.165) is 0 Å². The van der Waals surface area contributed by atoms with E-state index in [1.807, 2.05) is 0 Å². The van der Waals surface area contributed by atoms with Crippen LogP contribution in [0.5, 0.6) is 0 Å². The van der Waals surface area contributed by atoms with Crippen LogP contribution in [-0.2, 0) is 4.79 Å². The highest BCUT2D eigenvalue weighted by molar-refractivity contribution is 5.64. The molecule has 0 atom stereocenters. The second-order valence-electron chi connectivity index (χ2n) is 10.6. The van der Waals surface area contributed by atoms with E-state index in [1.54, 1.807) is 0 Å². The molecule has 0 aliphatic carbocycles. The lowest BCUT2D eigenvalue weighted by molar-refractivity contribution is -0.910. The van der Waals surface area contributed by atoms with Crippen molar-refractivity contribution in [2.24, 2.45) is 0 Å². The fourth-order valence-electron chi connectivity index (χ4n) is 4.54. The van der Waals surface area contributed by atoms with Gasteiger partial charge < -0.3 is 19.5 Å². The topological polar surface area (TPSA) is 60.4 Å². The van der Waals surface area contributed by atoms with Crippen molar-refractivity contribution in [3.63, 3.8) is 0 Å². The van der Waals surface area contributed by atoms with E-state index >= 15 is 0 Å². The van der Waals surface area contributed by atoms with E-state index in [-0.39, 0.29) is 13.0 Å². The molecule has 0 radical (unpaired) electrons. The highest BCUT2D eigenvalue weighted by atomic mass is 16.4. The predicted molar refractivity (Wildman–Crippen MR) is 147 cm³/mol. The number of carboxylic acid groups (broad SMARTS) is 1. The van der Waals surface area contributed by atoms with Gasteiger partial charge in [-0.2, -0.15) is 0 Å². The van der Waals surface area contributed by atoms with Crippen molar-refractivity contribution >= 4 is 5.97 Å². The molecule has 0 aromatic carbocycles. The Morgan fingerprint density at radius 3 is 1.18 bits per heavy atom. The summed E-state index contributed by atoms with van der Waals surface area (Å²) in [5.41, 5.74) is 0. The first-order chi connectivity index (χ1) is 16.5. The molecule has 0 aromatic heterocycles. The van der Waals surface area contributed by atoms with Crippen molar-refractivity contribution in [3.05, 3.63) is 0 Å². The third kappa shape index (κ3) is 29.4. The van der Waals surface area contributed by atoms with Gasteiger partial charge in [0, 0.05) is 12.6 Å². The van der Waals surface area contributed by atoms with Gasteiger partial charge >= 0.3 is 0 Å². The average molecular weight is 486 g/mol. The number of carbonyl (C=O) groups excluding carboxylic acids is 1. The van der Waals surface area contributed by atoms with Gasteiger partial charge in [-0.1, -0.05) is 97.8 Å². The summed E-state index contributed by atoms with van der Waals surface area (Å²) in [6.07, 6.45) is 27.0. The number of quaternary nitrogens is 1. The molecule has 4 nitrogen and oxygen atoms in total. The van der Waals surface area contributed by atoms with Crippen LogP contribution in [-0.4, -0.2) is 48.8 Å². The van der Waals surface area contributed by atoms with E-state index in [1.165, 1.54) is 140 Å². The van der Waals surface area contributed by atoms with Gasteiger partial charge in [-0.05, 0) is 57.8 Å². The Kier molecular flexibility index (Phi) is 29.9. The van der Waals surface area contributed by atoms with Crippen molar-refractivity contribution in [1.82, 2.24) is 0 Å². The third-order valence-electron chi connectivity index (χ3n) is 6.94. The zero-order chi connectivity index (χ0) is 25.8. The minimum Gasteiger partial charge on any atom is -0.550 e. The summed E-state index contributed by atoms with van der Waals surface area (Å²) in [7, 11) is 2.56. The number of aliphatic hydroxyl groups excluding tert-OH is 1. The number of nitrogens with zero attached hydrogens (tertiary/aromatic N) is 1. The number of carboxylic acids is 1. The summed E-state index contributed by atoms with van der Waals surface area (Å²) in [5, 5.41) is 17.8. The molecule has 4 heteroatoms. The van der Waals surface area contributed by atoms with Crippen LogP contribution >= 0.6 is 0 Å². The molecule has 0 aliphatic rings. The number of hydrogen-bond donors (Lipinski definition) is 1.